The van der Waals surface area contributed by atoms with E-state index < -0.39 is 11.3 Å². The zero-order valence-electron chi connectivity index (χ0n) is 21.6. The number of hydrogen-bond donors (Lipinski definition) is 0. The van der Waals surface area contributed by atoms with Crippen LogP contribution < -0.4 is 9.47 Å². The van der Waals surface area contributed by atoms with E-state index in [1.807, 2.05) is 42.5 Å². The van der Waals surface area contributed by atoms with Crippen molar-refractivity contribution in [3.63, 3.8) is 0 Å². The number of rotatable bonds is 7. The highest BCUT2D eigenvalue weighted by Gasteiger charge is 2.61. The number of fused-ring (bicyclic) bond motifs is 3. The van der Waals surface area contributed by atoms with Crippen LogP contribution in [0.15, 0.2) is 103 Å². The number of Topliss-reactive ketones (excluding diaryl/α,β-unsaturated/α-hetero) is 3. The standard InChI is InChI=1S/C34H26O5/c1-38-24-14-16-28-23(17-24)18-30(32(36)22-11-7-4-8-12-22)34(28)29(20-31(35)21-9-5-3-6-10-21)26-15-13-25(39-2)19-27(26)33(34)37/h3-19,29H,20H2,1-2H3/t29-,34-/m0/s1. The van der Waals surface area contributed by atoms with Crippen molar-refractivity contribution in [2.75, 3.05) is 14.2 Å². The van der Waals surface area contributed by atoms with Crippen LogP contribution in [-0.4, -0.2) is 31.6 Å². The minimum Gasteiger partial charge on any atom is -0.497 e. The number of hydrogen-bond acceptors (Lipinski definition) is 5. The molecule has 4 aromatic rings. The van der Waals surface area contributed by atoms with Gasteiger partial charge in [-0.2, -0.15) is 0 Å². The van der Waals surface area contributed by atoms with Crippen molar-refractivity contribution in [2.45, 2.75) is 17.8 Å². The van der Waals surface area contributed by atoms with Gasteiger partial charge in [-0.3, -0.25) is 14.4 Å². The van der Waals surface area contributed by atoms with Gasteiger partial charge in [0.05, 0.1) is 19.6 Å². The molecular weight excluding hydrogens is 488 g/mol. The highest BCUT2D eigenvalue weighted by atomic mass is 16.5. The second-order valence-electron chi connectivity index (χ2n) is 9.84. The quantitative estimate of drug-likeness (QED) is 0.264. The van der Waals surface area contributed by atoms with Gasteiger partial charge in [0.2, 0.25) is 0 Å². The summed E-state index contributed by atoms with van der Waals surface area (Å²) in [6, 6.07) is 28.9. The van der Waals surface area contributed by atoms with Crippen LogP contribution in [0, 0.1) is 0 Å². The second kappa shape index (κ2) is 9.52. The summed E-state index contributed by atoms with van der Waals surface area (Å²) in [4.78, 5) is 42.6. The SMILES string of the molecule is COc1ccc2c(c1)C=C(C(=O)c1ccccc1)[C@]21C(=O)c2cc(OC)ccc2[C@@H]1CC(=O)c1ccccc1. The number of carbonyl (C=O) groups excluding carboxylic acids is 3. The molecule has 1 spiro atoms. The maximum atomic E-state index is 14.7. The van der Waals surface area contributed by atoms with E-state index >= 15 is 0 Å². The third kappa shape index (κ3) is 3.73. The lowest BCUT2D eigenvalue weighted by atomic mass is 9.64. The summed E-state index contributed by atoms with van der Waals surface area (Å²) in [7, 11) is 3.13. The average Bonchev–Trinajstić information content (AvgIpc) is 3.45. The Morgan fingerprint density at radius 3 is 2.05 bits per heavy atom. The summed E-state index contributed by atoms with van der Waals surface area (Å²) >= 11 is 0. The molecule has 0 fully saturated rings. The van der Waals surface area contributed by atoms with Crippen molar-refractivity contribution in [3.8, 4) is 11.5 Å². The third-order valence-corrected chi connectivity index (χ3v) is 7.94. The van der Waals surface area contributed by atoms with E-state index in [4.69, 9.17) is 9.47 Å². The van der Waals surface area contributed by atoms with Gasteiger partial charge in [0.1, 0.15) is 11.5 Å². The Bertz CT molecular complexity index is 1650. The molecule has 0 aromatic heterocycles. The first kappa shape index (κ1) is 24.6. The first-order valence-corrected chi connectivity index (χ1v) is 12.8. The molecule has 39 heavy (non-hydrogen) atoms. The molecule has 0 saturated heterocycles. The molecule has 0 saturated carbocycles. The lowest BCUT2D eigenvalue weighted by Crippen LogP contribution is -2.40. The average molecular weight is 515 g/mol. The van der Waals surface area contributed by atoms with Crippen LogP contribution >= 0.6 is 0 Å². The zero-order chi connectivity index (χ0) is 27.1. The molecular formula is C34H26O5. The molecule has 0 bridgehead atoms. The van der Waals surface area contributed by atoms with Gasteiger partial charge >= 0.3 is 0 Å². The molecule has 0 unspecified atom stereocenters. The predicted molar refractivity (Wildman–Crippen MR) is 149 cm³/mol. The van der Waals surface area contributed by atoms with Crippen molar-refractivity contribution in [1.29, 1.82) is 0 Å². The van der Waals surface area contributed by atoms with Gasteiger partial charge in [-0.05, 0) is 47.0 Å². The summed E-state index contributed by atoms with van der Waals surface area (Å²) in [5.74, 6) is 0.0325. The van der Waals surface area contributed by atoms with E-state index in [9.17, 15) is 14.4 Å². The number of ketones is 3. The first-order valence-electron chi connectivity index (χ1n) is 12.8. The Balaban J connectivity index is 1.60. The fourth-order valence-corrected chi connectivity index (χ4v) is 6.13. The largest absolute Gasteiger partial charge is 0.497 e. The zero-order valence-corrected chi connectivity index (χ0v) is 21.6. The molecule has 0 amide bonds. The monoisotopic (exact) mass is 514 g/mol. The molecule has 2 atom stereocenters. The van der Waals surface area contributed by atoms with Gasteiger partial charge in [0.25, 0.3) is 0 Å². The molecule has 6 rings (SSSR count). The van der Waals surface area contributed by atoms with Crippen LogP contribution in [0.5, 0.6) is 11.5 Å². The van der Waals surface area contributed by atoms with E-state index in [0.717, 1.165) is 11.1 Å². The van der Waals surface area contributed by atoms with E-state index in [1.165, 1.54) is 0 Å². The molecule has 0 aliphatic heterocycles. The lowest BCUT2D eigenvalue weighted by Gasteiger charge is -2.34. The van der Waals surface area contributed by atoms with Gasteiger partial charge in [0, 0.05) is 34.6 Å². The Labute approximate surface area is 226 Å². The lowest BCUT2D eigenvalue weighted by molar-refractivity contribution is 0.0861. The van der Waals surface area contributed by atoms with Crippen molar-refractivity contribution in [2.24, 2.45) is 0 Å². The summed E-state index contributed by atoms with van der Waals surface area (Å²) in [6.45, 7) is 0. The Hall–Kier alpha value is -4.77. The van der Waals surface area contributed by atoms with Crippen LogP contribution in [0.4, 0.5) is 0 Å². The molecule has 0 heterocycles. The van der Waals surface area contributed by atoms with E-state index in [-0.39, 0.29) is 23.8 Å². The highest BCUT2D eigenvalue weighted by Crippen LogP contribution is 2.60. The smallest absolute Gasteiger partial charge is 0.190 e. The van der Waals surface area contributed by atoms with Crippen LogP contribution in [0.2, 0.25) is 0 Å². The third-order valence-electron chi connectivity index (χ3n) is 7.94. The number of ether oxygens (including phenoxy) is 2. The van der Waals surface area contributed by atoms with E-state index in [2.05, 4.69) is 0 Å². The first-order chi connectivity index (χ1) is 19.0. The molecule has 0 radical (unpaired) electrons. The minimum atomic E-state index is -1.37. The number of allylic oxidation sites excluding steroid dienone is 1. The number of benzene rings is 4. The highest BCUT2D eigenvalue weighted by molar-refractivity contribution is 6.25. The molecule has 192 valence electrons. The van der Waals surface area contributed by atoms with E-state index in [0.29, 0.717) is 39.3 Å². The van der Waals surface area contributed by atoms with Gasteiger partial charge in [0.15, 0.2) is 17.3 Å². The second-order valence-corrected chi connectivity index (χ2v) is 9.84. The normalized spacial score (nSPS) is 18.9. The van der Waals surface area contributed by atoms with Gasteiger partial charge in [-0.15, -0.1) is 0 Å². The topological polar surface area (TPSA) is 69.7 Å². The summed E-state index contributed by atoms with van der Waals surface area (Å²) < 4.78 is 10.9. The number of methoxy groups -OCH3 is 2. The Kier molecular flexibility index (Phi) is 5.99. The van der Waals surface area contributed by atoms with Crippen molar-refractivity contribution in [1.82, 2.24) is 0 Å². The van der Waals surface area contributed by atoms with Crippen LogP contribution in [0.1, 0.15) is 60.1 Å². The minimum absolute atomic E-state index is 0.0555. The maximum absolute atomic E-state index is 14.7. The maximum Gasteiger partial charge on any atom is 0.190 e. The van der Waals surface area contributed by atoms with Crippen LogP contribution in [0.25, 0.3) is 6.08 Å². The fraction of sp³-hybridized carbons (Fsp3) is 0.147. The molecule has 5 nitrogen and oxygen atoms in total. The Morgan fingerprint density at radius 1 is 0.769 bits per heavy atom. The molecule has 2 aliphatic carbocycles. The fourth-order valence-electron chi connectivity index (χ4n) is 6.13. The van der Waals surface area contributed by atoms with Gasteiger partial charge < -0.3 is 9.47 Å². The van der Waals surface area contributed by atoms with Crippen molar-refractivity contribution >= 4 is 23.4 Å². The predicted octanol–water partition coefficient (Wildman–Crippen LogP) is 6.47. The van der Waals surface area contributed by atoms with Crippen molar-refractivity contribution in [3.05, 3.63) is 136 Å². The van der Waals surface area contributed by atoms with Crippen molar-refractivity contribution < 1.29 is 23.9 Å². The molecule has 2 aliphatic rings. The molecule has 0 N–H and O–H groups in total. The molecule has 5 heteroatoms. The van der Waals surface area contributed by atoms with Crippen LogP contribution in [-0.2, 0) is 5.41 Å². The number of carbonyl (C=O) groups is 3. The Morgan fingerprint density at radius 2 is 1.38 bits per heavy atom. The van der Waals surface area contributed by atoms with Gasteiger partial charge in [-0.25, -0.2) is 0 Å². The molecule has 4 aromatic carbocycles. The van der Waals surface area contributed by atoms with E-state index in [1.54, 1.807) is 74.9 Å². The van der Waals surface area contributed by atoms with Gasteiger partial charge in [-0.1, -0.05) is 72.8 Å². The summed E-state index contributed by atoms with van der Waals surface area (Å²) in [5.41, 5.74) is 2.69. The summed E-state index contributed by atoms with van der Waals surface area (Å²) in [5, 5.41) is 0. The summed E-state index contributed by atoms with van der Waals surface area (Å²) in [6.07, 6.45) is 1.86. The van der Waals surface area contributed by atoms with Crippen LogP contribution in [0.3, 0.4) is 0 Å².